The van der Waals surface area contributed by atoms with Gasteiger partial charge in [0, 0.05) is 16.7 Å². The maximum atomic E-state index is 5.45. The van der Waals surface area contributed by atoms with Gasteiger partial charge in [0.05, 0.1) is 11.4 Å². The minimum atomic E-state index is -0.0223. The highest BCUT2D eigenvalue weighted by Gasteiger charge is 2.22. The quantitative estimate of drug-likeness (QED) is 0.176. The van der Waals surface area contributed by atoms with Gasteiger partial charge in [-0.3, -0.25) is 0 Å². The van der Waals surface area contributed by atoms with Crippen LogP contribution in [0.2, 0.25) is 0 Å². The van der Waals surface area contributed by atoms with Crippen LogP contribution < -0.4 is 0 Å². The molecule has 4 heteroatoms. The van der Waals surface area contributed by atoms with E-state index in [-0.39, 0.29) is 10.8 Å². The normalized spacial score (nSPS) is 11.8. The topological polar surface area (TPSA) is 51.6 Å². The first-order chi connectivity index (χ1) is 24.8. The Morgan fingerprint density at radius 1 is 0.346 bits per heavy atom. The maximum Gasteiger partial charge on any atom is 0.163 e. The molecule has 7 aromatic rings. The summed E-state index contributed by atoms with van der Waals surface area (Å²) in [5, 5.41) is 0. The van der Waals surface area contributed by atoms with Gasteiger partial charge in [-0.1, -0.05) is 145 Å². The van der Waals surface area contributed by atoms with Crippen molar-refractivity contribution in [2.45, 2.75) is 66.2 Å². The summed E-state index contributed by atoms with van der Waals surface area (Å²) >= 11 is 0. The van der Waals surface area contributed by atoms with E-state index in [2.05, 4.69) is 180 Å². The number of nitrogens with zero attached hydrogens (tertiary/aromatic N) is 4. The van der Waals surface area contributed by atoms with Crippen LogP contribution in [-0.4, -0.2) is 19.9 Å². The number of hydrogen-bond acceptors (Lipinski definition) is 4. The van der Waals surface area contributed by atoms with E-state index in [0.717, 1.165) is 61.5 Å². The Balaban J connectivity index is 1.51. The molecule has 0 aliphatic heterocycles. The molecule has 0 aliphatic carbocycles. The maximum absolute atomic E-state index is 5.45. The summed E-state index contributed by atoms with van der Waals surface area (Å²) in [6, 6.07) is 47.8. The Bertz CT molecular complexity index is 2330. The lowest BCUT2D eigenvalue weighted by atomic mass is 9.78. The van der Waals surface area contributed by atoms with Gasteiger partial charge in [-0.25, -0.2) is 19.9 Å². The lowest BCUT2D eigenvalue weighted by molar-refractivity contribution is 0.569. The Morgan fingerprint density at radius 3 is 1.40 bits per heavy atom. The van der Waals surface area contributed by atoms with E-state index in [1.165, 1.54) is 11.1 Å². The van der Waals surface area contributed by atoms with Crippen LogP contribution in [0.25, 0.3) is 67.3 Å². The molecule has 5 aromatic carbocycles. The van der Waals surface area contributed by atoms with Crippen LogP contribution in [0, 0.1) is 13.8 Å². The molecule has 52 heavy (non-hydrogen) atoms. The van der Waals surface area contributed by atoms with Crippen molar-refractivity contribution in [2.75, 3.05) is 0 Å². The highest BCUT2D eigenvalue weighted by Crippen LogP contribution is 2.39. The van der Waals surface area contributed by atoms with Gasteiger partial charge >= 0.3 is 0 Å². The third-order valence-electron chi connectivity index (χ3n) is 9.56. The van der Waals surface area contributed by atoms with Crippen molar-refractivity contribution in [3.63, 3.8) is 0 Å². The van der Waals surface area contributed by atoms with Gasteiger partial charge in [0.1, 0.15) is 11.6 Å². The van der Waals surface area contributed by atoms with Crippen LogP contribution >= 0.6 is 0 Å². The first-order valence-electron chi connectivity index (χ1n) is 18.1. The van der Waals surface area contributed by atoms with Crippen LogP contribution in [0.4, 0.5) is 0 Å². The van der Waals surface area contributed by atoms with Gasteiger partial charge in [-0.2, -0.15) is 0 Å². The lowest BCUT2D eigenvalue weighted by Gasteiger charge is -2.26. The van der Waals surface area contributed by atoms with Crippen molar-refractivity contribution in [2.24, 2.45) is 0 Å². The van der Waals surface area contributed by atoms with Gasteiger partial charge in [-0.05, 0) is 99.5 Å². The van der Waals surface area contributed by atoms with Crippen LogP contribution in [-0.2, 0) is 10.8 Å². The van der Waals surface area contributed by atoms with Gasteiger partial charge in [0.25, 0.3) is 0 Å². The van der Waals surface area contributed by atoms with Crippen molar-refractivity contribution in [3.05, 3.63) is 156 Å². The predicted octanol–water partition coefficient (Wildman–Crippen LogP) is 12.5. The summed E-state index contributed by atoms with van der Waals surface area (Å²) in [6.07, 6.45) is 0. The van der Waals surface area contributed by atoms with E-state index in [4.69, 9.17) is 15.0 Å². The fourth-order valence-corrected chi connectivity index (χ4v) is 6.67. The second-order valence-electron chi connectivity index (χ2n) is 15.8. The monoisotopic (exact) mass is 678 g/mol. The number of aryl methyl sites for hydroxylation is 2. The minimum absolute atomic E-state index is 0.0223. The molecule has 2 heterocycles. The molecular weight excluding hydrogens is 633 g/mol. The average Bonchev–Trinajstić information content (AvgIpc) is 3.14. The van der Waals surface area contributed by atoms with Crippen molar-refractivity contribution < 1.29 is 0 Å². The molecule has 0 saturated heterocycles. The summed E-state index contributed by atoms with van der Waals surface area (Å²) in [6.45, 7) is 17.5. The second-order valence-corrected chi connectivity index (χ2v) is 15.8. The van der Waals surface area contributed by atoms with Gasteiger partial charge in [0.2, 0.25) is 0 Å². The Morgan fingerprint density at radius 2 is 0.808 bits per heavy atom. The van der Waals surface area contributed by atoms with E-state index < -0.39 is 0 Å². The smallest absolute Gasteiger partial charge is 0.163 e. The molecule has 2 aromatic heterocycles. The molecule has 0 bridgehead atoms. The minimum Gasteiger partial charge on any atom is -0.248 e. The Labute approximate surface area is 308 Å². The first kappa shape index (κ1) is 34.7. The zero-order valence-electron chi connectivity index (χ0n) is 31.5. The predicted molar refractivity (Wildman–Crippen MR) is 217 cm³/mol. The SMILES string of the molecule is Cc1nc(C)nc(-c2cc(-c3cc(C(C)(C)C)cc(C(C)(C)C)c3)cc(-c3cc(-c4ccccc4)cc(-c4ccccc4-c4ccccc4)n3)c2)n1. The van der Waals surface area contributed by atoms with Crippen LogP contribution in [0.15, 0.2) is 133 Å². The molecule has 0 atom stereocenters. The molecule has 7 rings (SSSR count). The third-order valence-corrected chi connectivity index (χ3v) is 9.56. The van der Waals surface area contributed by atoms with Crippen molar-refractivity contribution in [1.29, 1.82) is 0 Å². The molecule has 0 spiro atoms. The van der Waals surface area contributed by atoms with Gasteiger partial charge in [0.15, 0.2) is 5.82 Å². The molecule has 0 aliphatic rings. The van der Waals surface area contributed by atoms with Crippen molar-refractivity contribution >= 4 is 0 Å². The third kappa shape index (κ3) is 7.48. The first-order valence-corrected chi connectivity index (χ1v) is 18.1. The molecule has 4 nitrogen and oxygen atoms in total. The Kier molecular flexibility index (Phi) is 9.18. The molecule has 0 unspecified atom stereocenters. The van der Waals surface area contributed by atoms with Gasteiger partial charge in [-0.15, -0.1) is 0 Å². The summed E-state index contributed by atoms with van der Waals surface area (Å²) < 4.78 is 0. The number of benzene rings is 5. The highest BCUT2D eigenvalue weighted by atomic mass is 15.0. The number of pyridine rings is 1. The van der Waals surface area contributed by atoms with E-state index in [1.54, 1.807) is 0 Å². The van der Waals surface area contributed by atoms with Gasteiger partial charge < -0.3 is 0 Å². The molecule has 0 fully saturated rings. The number of aromatic nitrogens is 4. The van der Waals surface area contributed by atoms with Crippen molar-refractivity contribution in [3.8, 4) is 67.3 Å². The summed E-state index contributed by atoms with van der Waals surface area (Å²) in [5.74, 6) is 2.05. The van der Waals surface area contributed by atoms with E-state index in [0.29, 0.717) is 17.5 Å². The van der Waals surface area contributed by atoms with Crippen LogP contribution in [0.5, 0.6) is 0 Å². The van der Waals surface area contributed by atoms with E-state index in [1.807, 2.05) is 13.8 Å². The molecule has 0 N–H and O–H groups in total. The standard InChI is InChI=1S/C48H46N4/c1-31-49-32(2)51-46(50-31)39-24-35(36-26-40(47(3,4)5)30-41(27-36)48(6,7)8)23-38(25-39)44-28-37(33-17-11-9-12-18-33)29-45(52-44)43-22-16-15-21-42(43)34-19-13-10-14-20-34/h9-30H,1-8H3. The molecular formula is C48H46N4. The summed E-state index contributed by atoms with van der Waals surface area (Å²) in [4.78, 5) is 19.6. The molecule has 0 radical (unpaired) electrons. The fraction of sp³-hybridized carbons (Fsp3) is 0.208. The number of rotatable bonds is 6. The molecule has 0 amide bonds. The fourth-order valence-electron chi connectivity index (χ4n) is 6.67. The van der Waals surface area contributed by atoms with Crippen LogP contribution in [0.3, 0.4) is 0 Å². The zero-order valence-corrected chi connectivity index (χ0v) is 31.5. The van der Waals surface area contributed by atoms with Crippen LogP contribution in [0.1, 0.15) is 64.3 Å². The average molecular weight is 679 g/mol. The Hall–Kier alpha value is -5.74. The lowest BCUT2D eigenvalue weighted by Crippen LogP contribution is -2.16. The summed E-state index contributed by atoms with van der Waals surface area (Å²) in [7, 11) is 0. The highest BCUT2D eigenvalue weighted by molar-refractivity contribution is 5.87. The zero-order chi connectivity index (χ0) is 36.6. The number of hydrogen-bond donors (Lipinski definition) is 0. The molecule has 258 valence electrons. The second kappa shape index (κ2) is 13.8. The molecule has 0 saturated carbocycles. The van der Waals surface area contributed by atoms with Crippen molar-refractivity contribution in [1.82, 2.24) is 19.9 Å². The summed E-state index contributed by atoms with van der Waals surface area (Å²) in [5.41, 5.74) is 14.2. The largest absolute Gasteiger partial charge is 0.248 e. The van der Waals surface area contributed by atoms with E-state index in [9.17, 15) is 0 Å². The van der Waals surface area contributed by atoms with E-state index >= 15 is 0 Å².